The number of hydrogen-bond donors (Lipinski definition) is 1. The van der Waals surface area contributed by atoms with Crippen LogP contribution < -0.4 is 5.73 Å². The summed E-state index contributed by atoms with van der Waals surface area (Å²) < 4.78 is 0. The summed E-state index contributed by atoms with van der Waals surface area (Å²) in [5.74, 6) is 0.363. The van der Waals surface area contributed by atoms with Crippen molar-refractivity contribution in [2.45, 2.75) is 25.8 Å². The summed E-state index contributed by atoms with van der Waals surface area (Å²) in [4.78, 5) is 14.9. The Morgan fingerprint density at radius 2 is 1.96 bits per heavy atom. The second kappa shape index (κ2) is 7.37. The minimum absolute atomic E-state index is 0.00290. The van der Waals surface area contributed by atoms with E-state index in [9.17, 15) is 4.79 Å². The third kappa shape index (κ3) is 3.63. The molecule has 2 aromatic carbocycles. The molecule has 1 saturated heterocycles. The Labute approximate surface area is 148 Å². The van der Waals surface area contributed by atoms with Gasteiger partial charge in [-0.15, -0.1) is 0 Å². The van der Waals surface area contributed by atoms with E-state index in [-0.39, 0.29) is 11.9 Å². The molecule has 3 rings (SSSR count). The van der Waals surface area contributed by atoms with Gasteiger partial charge < -0.3 is 10.6 Å². The van der Waals surface area contributed by atoms with Gasteiger partial charge in [0.2, 0.25) is 0 Å². The second-order valence-electron chi connectivity index (χ2n) is 6.57. The van der Waals surface area contributed by atoms with Crippen LogP contribution in [-0.2, 0) is 0 Å². The number of piperidine rings is 1. The van der Waals surface area contributed by atoms with Crippen molar-refractivity contribution in [2.75, 3.05) is 13.1 Å². The Kier molecular flexibility index (Phi) is 5.22. The molecule has 24 heavy (non-hydrogen) atoms. The highest BCUT2D eigenvalue weighted by molar-refractivity contribution is 6.34. The third-order valence-corrected chi connectivity index (χ3v) is 5.12. The van der Waals surface area contributed by atoms with Gasteiger partial charge in [0.05, 0.1) is 10.6 Å². The maximum Gasteiger partial charge on any atom is 0.255 e. The van der Waals surface area contributed by atoms with E-state index in [2.05, 4.69) is 0 Å². The Balaban J connectivity index is 1.87. The molecule has 0 radical (unpaired) electrons. The summed E-state index contributed by atoms with van der Waals surface area (Å²) >= 11 is 6.32. The lowest BCUT2D eigenvalue weighted by atomic mass is 9.91. The average molecular weight is 343 g/mol. The van der Waals surface area contributed by atoms with Gasteiger partial charge in [-0.25, -0.2) is 0 Å². The predicted molar refractivity (Wildman–Crippen MR) is 99.2 cm³/mol. The number of halogens is 1. The smallest absolute Gasteiger partial charge is 0.255 e. The Bertz CT molecular complexity index is 715. The first kappa shape index (κ1) is 17.0. The molecular weight excluding hydrogens is 320 g/mol. The monoisotopic (exact) mass is 342 g/mol. The van der Waals surface area contributed by atoms with Crippen LogP contribution in [0.1, 0.15) is 30.1 Å². The molecule has 1 amide bonds. The van der Waals surface area contributed by atoms with E-state index in [1.54, 1.807) is 0 Å². The van der Waals surface area contributed by atoms with Crippen molar-refractivity contribution in [2.24, 2.45) is 11.7 Å². The third-order valence-electron chi connectivity index (χ3n) is 4.79. The molecule has 3 nitrogen and oxygen atoms in total. The van der Waals surface area contributed by atoms with Crippen molar-refractivity contribution in [3.63, 3.8) is 0 Å². The highest BCUT2D eigenvalue weighted by Gasteiger charge is 2.27. The minimum Gasteiger partial charge on any atom is -0.338 e. The number of likely N-dealkylation sites (tertiary alicyclic amines) is 1. The van der Waals surface area contributed by atoms with Crippen molar-refractivity contribution >= 4 is 17.5 Å². The fourth-order valence-corrected chi connectivity index (χ4v) is 3.49. The fraction of sp³-hybridized carbons (Fsp3) is 0.350. The van der Waals surface area contributed by atoms with E-state index in [1.807, 2.05) is 60.4 Å². The van der Waals surface area contributed by atoms with Gasteiger partial charge in [-0.3, -0.25) is 4.79 Å². The quantitative estimate of drug-likeness (QED) is 0.908. The van der Waals surface area contributed by atoms with E-state index >= 15 is 0 Å². The van der Waals surface area contributed by atoms with Gasteiger partial charge in [0.15, 0.2) is 0 Å². The predicted octanol–water partition coefficient (Wildman–Crippen LogP) is 4.21. The van der Waals surface area contributed by atoms with Gasteiger partial charge in [0, 0.05) is 19.1 Å². The van der Waals surface area contributed by atoms with Crippen molar-refractivity contribution in [3.8, 4) is 11.1 Å². The van der Waals surface area contributed by atoms with Crippen LogP contribution >= 0.6 is 11.6 Å². The topological polar surface area (TPSA) is 46.3 Å². The van der Waals surface area contributed by atoms with Crippen molar-refractivity contribution < 1.29 is 4.79 Å². The van der Waals surface area contributed by atoms with Gasteiger partial charge in [-0.05, 0) is 48.9 Å². The molecule has 4 heteroatoms. The van der Waals surface area contributed by atoms with Crippen LogP contribution in [0.5, 0.6) is 0 Å². The molecule has 2 unspecified atom stereocenters. The molecule has 0 aromatic heterocycles. The molecule has 1 aliphatic heterocycles. The molecule has 1 aliphatic rings. The zero-order chi connectivity index (χ0) is 17.1. The maximum atomic E-state index is 13.0. The molecule has 2 atom stereocenters. The van der Waals surface area contributed by atoms with Gasteiger partial charge in [-0.1, -0.05) is 48.0 Å². The maximum absolute atomic E-state index is 13.0. The van der Waals surface area contributed by atoms with Crippen LogP contribution in [0.15, 0.2) is 48.5 Å². The molecule has 0 bridgehead atoms. The first-order chi connectivity index (χ1) is 11.6. The fourth-order valence-electron chi connectivity index (χ4n) is 3.29. The van der Waals surface area contributed by atoms with Crippen LogP contribution in [-0.4, -0.2) is 29.9 Å². The number of hydrogen-bond acceptors (Lipinski definition) is 2. The number of amides is 1. The zero-order valence-corrected chi connectivity index (χ0v) is 14.7. The number of nitrogens with zero attached hydrogens (tertiary/aromatic N) is 1. The van der Waals surface area contributed by atoms with Crippen LogP contribution in [0.4, 0.5) is 0 Å². The molecule has 0 saturated carbocycles. The van der Waals surface area contributed by atoms with Crippen LogP contribution in [0.25, 0.3) is 11.1 Å². The molecular formula is C20H23ClN2O. The summed E-state index contributed by atoms with van der Waals surface area (Å²) in [7, 11) is 0. The summed E-state index contributed by atoms with van der Waals surface area (Å²) in [6.07, 6.45) is 2.08. The number of carbonyl (C=O) groups is 1. The van der Waals surface area contributed by atoms with Crippen molar-refractivity contribution in [1.82, 2.24) is 4.90 Å². The Morgan fingerprint density at radius 1 is 1.21 bits per heavy atom. The Hall–Kier alpha value is -1.84. The second-order valence-corrected chi connectivity index (χ2v) is 6.98. The first-order valence-electron chi connectivity index (χ1n) is 8.46. The molecule has 2 aromatic rings. The SMILES string of the molecule is CC(N)C1CCCN(C(=O)c2cc(-c3ccccc3)ccc2Cl)C1. The zero-order valence-electron chi connectivity index (χ0n) is 13.9. The van der Waals surface area contributed by atoms with Crippen molar-refractivity contribution in [3.05, 3.63) is 59.1 Å². The molecule has 0 aliphatic carbocycles. The summed E-state index contributed by atoms with van der Waals surface area (Å²) in [6, 6.07) is 15.8. The van der Waals surface area contributed by atoms with E-state index < -0.39 is 0 Å². The Morgan fingerprint density at radius 3 is 2.67 bits per heavy atom. The number of carbonyl (C=O) groups excluding carboxylic acids is 1. The molecule has 0 spiro atoms. The van der Waals surface area contributed by atoms with Crippen LogP contribution in [0, 0.1) is 5.92 Å². The minimum atomic E-state index is 0.00290. The van der Waals surface area contributed by atoms with Gasteiger partial charge in [0.1, 0.15) is 0 Å². The largest absolute Gasteiger partial charge is 0.338 e. The molecule has 2 N–H and O–H groups in total. The van der Waals surface area contributed by atoms with Gasteiger partial charge >= 0.3 is 0 Å². The summed E-state index contributed by atoms with van der Waals surface area (Å²) in [5.41, 5.74) is 8.69. The molecule has 1 fully saturated rings. The highest BCUT2D eigenvalue weighted by Crippen LogP contribution is 2.28. The molecule has 1 heterocycles. The lowest BCUT2D eigenvalue weighted by molar-refractivity contribution is 0.0661. The van der Waals surface area contributed by atoms with E-state index in [0.29, 0.717) is 23.0 Å². The van der Waals surface area contributed by atoms with Crippen molar-refractivity contribution in [1.29, 1.82) is 0 Å². The van der Waals surface area contributed by atoms with Crippen LogP contribution in [0.3, 0.4) is 0 Å². The van der Waals surface area contributed by atoms with E-state index in [0.717, 1.165) is 30.5 Å². The normalized spacial score (nSPS) is 19.1. The number of nitrogens with two attached hydrogens (primary N) is 1. The standard InChI is InChI=1S/C20H23ClN2O/c1-14(22)17-8-5-11-23(13-17)20(24)18-12-16(9-10-19(18)21)15-6-3-2-4-7-15/h2-4,6-7,9-10,12,14,17H,5,8,11,13,22H2,1H3. The summed E-state index contributed by atoms with van der Waals surface area (Å²) in [5, 5.41) is 0.502. The number of rotatable bonds is 3. The first-order valence-corrected chi connectivity index (χ1v) is 8.84. The number of benzene rings is 2. The summed E-state index contributed by atoms with van der Waals surface area (Å²) in [6.45, 7) is 3.50. The van der Waals surface area contributed by atoms with Gasteiger partial charge in [-0.2, -0.15) is 0 Å². The lowest BCUT2D eigenvalue weighted by Gasteiger charge is -2.34. The van der Waals surface area contributed by atoms with E-state index in [4.69, 9.17) is 17.3 Å². The molecule has 126 valence electrons. The van der Waals surface area contributed by atoms with Gasteiger partial charge in [0.25, 0.3) is 5.91 Å². The lowest BCUT2D eigenvalue weighted by Crippen LogP contribution is -2.45. The van der Waals surface area contributed by atoms with E-state index in [1.165, 1.54) is 0 Å². The highest BCUT2D eigenvalue weighted by atomic mass is 35.5. The van der Waals surface area contributed by atoms with Crippen LogP contribution in [0.2, 0.25) is 5.02 Å². The average Bonchev–Trinajstić information content (AvgIpc) is 2.62.